The van der Waals surface area contributed by atoms with E-state index in [1.807, 2.05) is 0 Å². The molecule has 0 aliphatic carbocycles. The zero-order chi connectivity index (χ0) is 14.0. The molecule has 0 aromatic rings. The van der Waals surface area contributed by atoms with Crippen molar-refractivity contribution in [2.24, 2.45) is 5.73 Å². The van der Waals surface area contributed by atoms with Gasteiger partial charge < -0.3 is 10.5 Å². The van der Waals surface area contributed by atoms with Crippen molar-refractivity contribution in [3.05, 3.63) is 0 Å². The van der Waals surface area contributed by atoms with Crippen LogP contribution in [0.1, 0.15) is 26.7 Å². The molecule has 0 saturated carbocycles. The van der Waals surface area contributed by atoms with Gasteiger partial charge in [0.25, 0.3) is 10.2 Å². The second-order valence-electron chi connectivity index (χ2n) is 4.74. The van der Waals surface area contributed by atoms with Gasteiger partial charge in [0.1, 0.15) is 10.6 Å². The highest BCUT2D eigenvalue weighted by molar-refractivity contribution is 7.87. The average molecular weight is 295 g/mol. The summed E-state index contributed by atoms with van der Waals surface area (Å²) >= 11 is 5.00. The normalized spacial score (nSPS) is 21.1. The molecule has 0 atom stereocenters. The highest BCUT2D eigenvalue weighted by atomic mass is 32.2. The van der Waals surface area contributed by atoms with E-state index < -0.39 is 15.8 Å². The van der Waals surface area contributed by atoms with Gasteiger partial charge in [0.05, 0.1) is 0 Å². The van der Waals surface area contributed by atoms with Gasteiger partial charge in [-0.1, -0.05) is 12.2 Å². The number of ether oxygens (including phenoxy) is 1. The van der Waals surface area contributed by atoms with Crippen LogP contribution in [0.25, 0.3) is 0 Å². The quantitative estimate of drug-likeness (QED) is 0.697. The lowest BCUT2D eigenvalue weighted by Crippen LogP contribution is -2.56. The first kappa shape index (κ1) is 15.8. The molecular weight excluding hydrogens is 274 g/mol. The molecule has 1 fully saturated rings. The third-order valence-electron chi connectivity index (χ3n) is 3.09. The maximum atomic E-state index is 12.0. The van der Waals surface area contributed by atoms with E-state index >= 15 is 0 Å². The summed E-state index contributed by atoms with van der Waals surface area (Å²) in [5.41, 5.74) is 5.00. The zero-order valence-electron chi connectivity index (χ0n) is 11.0. The van der Waals surface area contributed by atoms with Crippen LogP contribution in [0.4, 0.5) is 0 Å². The third-order valence-corrected chi connectivity index (χ3v) is 5.28. The summed E-state index contributed by atoms with van der Waals surface area (Å²) in [7, 11) is -1.87. The molecule has 1 aliphatic rings. The smallest absolute Gasteiger partial charge is 0.279 e. The number of methoxy groups -OCH3 is 1. The minimum absolute atomic E-state index is 0.125. The lowest BCUT2D eigenvalue weighted by molar-refractivity contribution is 0.0117. The van der Waals surface area contributed by atoms with Crippen molar-refractivity contribution in [1.82, 2.24) is 9.03 Å². The van der Waals surface area contributed by atoms with E-state index in [0.717, 1.165) is 0 Å². The van der Waals surface area contributed by atoms with Crippen molar-refractivity contribution < 1.29 is 13.2 Å². The molecule has 0 aromatic heterocycles. The topological polar surface area (TPSA) is 84.7 Å². The average Bonchev–Trinajstić information content (AvgIpc) is 2.27. The fourth-order valence-electron chi connectivity index (χ4n) is 2.01. The Balaban J connectivity index is 2.72. The summed E-state index contributed by atoms with van der Waals surface area (Å²) in [5.74, 6) is 0. The molecule has 0 aromatic carbocycles. The fraction of sp³-hybridized carbons (Fsp3) is 0.900. The molecule has 1 heterocycles. The number of hydrogen-bond donors (Lipinski definition) is 2. The number of nitrogens with zero attached hydrogens (tertiary/aromatic N) is 1. The van der Waals surface area contributed by atoms with Gasteiger partial charge in [-0.3, -0.25) is 0 Å². The molecule has 1 aliphatic heterocycles. The van der Waals surface area contributed by atoms with Crippen molar-refractivity contribution in [2.45, 2.75) is 38.3 Å². The molecule has 0 radical (unpaired) electrons. The second kappa shape index (κ2) is 5.79. The van der Waals surface area contributed by atoms with Crippen molar-refractivity contribution in [2.75, 3.05) is 20.2 Å². The number of piperidine rings is 1. The molecule has 18 heavy (non-hydrogen) atoms. The van der Waals surface area contributed by atoms with Crippen LogP contribution >= 0.6 is 12.2 Å². The Hall–Kier alpha value is -0.280. The summed E-state index contributed by atoms with van der Waals surface area (Å²) in [4.78, 5) is 0.291. The lowest BCUT2D eigenvalue weighted by atomic mass is 9.92. The lowest BCUT2D eigenvalue weighted by Gasteiger charge is -2.39. The Labute approximate surface area is 114 Å². The van der Waals surface area contributed by atoms with Gasteiger partial charge in [0.2, 0.25) is 0 Å². The minimum atomic E-state index is -3.42. The Bertz CT molecular complexity index is 401. The summed E-state index contributed by atoms with van der Waals surface area (Å²) < 4.78 is 33.3. The van der Waals surface area contributed by atoms with Gasteiger partial charge in [0, 0.05) is 26.2 Å². The maximum Gasteiger partial charge on any atom is 0.279 e. The van der Waals surface area contributed by atoms with Crippen molar-refractivity contribution in [3.63, 3.8) is 0 Å². The van der Waals surface area contributed by atoms with Crippen LogP contribution in [0.3, 0.4) is 0 Å². The largest absolute Gasteiger partial charge is 0.391 e. The van der Waals surface area contributed by atoms with Crippen molar-refractivity contribution in [1.29, 1.82) is 0 Å². The van der Waals surface area contributed by atoms with Gasteiger partial charge in [-0.25, -0.2) is 0 Å². The molecule has 0 bridgehead atoms. The monoisotopic (exact) mass is 295 g/mol. The Morgan fingerprint density at radius 3 is 2.28 bits per heavy atom. The van der Waals surface area contributed by atoms with Crippen LogP contribution in [0, 0.1) is 0 Å². The van der Waals surface area contributed by atoms with E-state index in [1.165, 1.54) is 4.31 Å². The second-order valence-corrected chi connectivity index (χ2v) is 6.88. The van der Waals surface area contributed by atoms with E-state index in [4.69, 9.17) is 22.7 Å². The first-order chi connectivity index (χ1) is 8.23. The van der Waals surface area contributed by atoms with Crippen LogP contribution < -0.4 is 10.5 Å². The van der Waals surface area contributed by atoms with Crippen LogP contribution in [0.2, 0.25) is 0 Å². The number of rotatable bonds is 5. The van der Waals surface area contributed by atoms with Gasteiger partial charge in [-0.2, -0.15) is 17.4 Å². The number of hydrogen-bond acceptors (Lipinski definition) is 4. The van der Waals surface area contributed by atoms with Gasteiger partial charge in [-0.15, -0.1) is 0 Å². The summed E-state index contributed by atoms with van der Waals surface area (Å²) in [6, 6.07) is -0.125. The molecular formula is C10H21N3O3S2. The number of thiocarbonyl (C=S) groups is 1. The molecule has 8 heteroatoms. The van der Waals surface area contributed by atoms with Crippen molar-refractivity contribution in [3.8, 4) is 0 Å². The SMILES string of the molecule is COC1(C(N)=S)CCN(S(=O)(=O)NC(C)C)CC1. The zero-order valence-corrected chi connectivity index (χ0v) is 12.6. The van der Waals surface area contributed by atoms with Crippen LogP contribution in [0.15, 0.2) is 0 Å². The summed E-state index contributed by atoms with van der Waals surface area (Å²) in [5, 5.41) is 0. The van der Waals surface area contributed by atoms with E-state index in [-0.39, 0.29) is 6.04 Å². The first-order valence-corrected chi connectivity index (χ1v) is 7.71. The predicted octanol–water partition coefficient (Wildman–Crippen LogP) is -0.00370. The molecule has 3 N–H and O–H groups in total. The molecule has 106 valence electrons. The molecule has 1 saturated heterocycles. The fourth-order valence-corrected chi connectivity index (χ4v) is 3.71. The van der Waals surface area contributed by atoms with E-state index in [2.05, 4.69) is 4.72 Å². The molecule has 0 unspecified atom stereocenters. The first-order valence-electron chi connectivity index (χ1n) is 5.86. The summed E-state index contributed by atoms with van der Waals surface area (Å²) in [6.45, 7) is 4.28. The molecule has 6 nitrogen and oxygen atoms in total. The minimum Gasteiger partial charge on any atom is -0.391 e. The van der Waals surface area contributed by atoms with Gasteiger partial charge >= 0.3 is 0 Å². The molecule has 1 rings (SSSR count). The number of nitrogens with one attached hydrogen (secondary N) is 1. The number of nitrogens with two attached hydrogens (primary N) is 1. The Kier molecular flexibility index (Phi) is 5.07. The Morgan fingerprint density at radius 2 is 1.94 bits per heavy atom. The highest BCUT2D eigenvalue weighted by Crippen LogP contribution is 2.27. The van der Waals surface area contributed by atoms with Gasteiger partial charge in [0.15, 0.2) is 0 Å². The molecule has 0 amide bonds. The van der Waals surface area contributed by atoms with Gasteiger partial charge in [-0.05, 0) is 26.7 Å². The third kappa shape index (κ3) is 3.39. The summed E-state index contributed by atoms with van der Waals surface area (Å²) in [6.07, 6.45) is 0.968. The van der Waals surface area contributed by atoms with E-state index in [0.29, 0.717) is 30.9 Å². The van der Waals surface area contributed by atoms with Crippen LogP contribution in [0.5, 0.6) is 0 Å². The Morgan fingerprint density at radius 1 is 1.44 bits per heavy atom. The van der Waals surface area contributed by atoms with E-state index in [1.54, 1.807) is 21.0 Å². The van der Waals surface area contributed by atoms with Crippen LogP contribution in [-0.4, -0.2) is 49.6 Å². The predicted molar refractivity (Wildman–Crippen MR) is 74.5 cm³/mol. The standard InChI is InChI=1S/C10H21N3O3S2/c1-8(2)12-18(14,15)13-6-4-10(16-3,5-7-13)9(11)17/h8,12H,4-7H2,1-3H3,(H2,11,17). The molecule has 0 spiro atoms. The van der Waals surface area contributed by atoms with Crippen LogP contribution in [-0.2, 0) is 14.9 Å². The highest BCUT2D eigenvalue weighted by Gasteiger charge is 2.40. The van der Waals surface area contributed by atoms with E-state index in [9.17, 15) is 8.42 Å². The van der Waals surface area contributed by atoms with Crippen molar-refractivity contribution >= 4 is 27.4 Å². The maximum absolute atomic E-state index is 12.0.